The first-order valence-corrected chi connectivity index (χ1v) is 9.85. The Morgan fingerprint density at radius 2 is 1.89 bits per heavy atom. The van der Waals surface area contributed by atoms with Crippen LogP contribution in [0.15, 0.2) is 30.5 Å². The molecule has 1 fully saturated rings. The van der Waals surface area contributed by atoms with Crippen LogP contribution in [0.2, 0.25) is 0 Å². The van der Waals surface area contributed by atoms with Crippen LogP contribution in [0.25, 0.3) is 16.2 Å². The van der Waals surface area contributed by atoms with Crippen LogP contribution in [0.1, 0.15) is 29.2 Å². The number of aryl methyl sites for hydroxylation is 1. The van der Waals surface area contributed by atoms with E-state index in [0.717, 1.165) is 32.5 Å². The van der Waals surface area contributed by atoms with Gasteiger partial charge in [-0.25, -0.2) is 4.98 Å². The maximum atomic E-state index is 13.0. The van der Waals surface area contributed by atoms with Crippen molar-refractivity contribution in [3.63, 3.8) is 0 Å². The van der Waals surface area contributed by atoms with Crippen LogP contribution in [0.3, 0.4) is 0 Å². The van der Waals surface area contributed by atoms with Gasteiger partial charge in [0.25, 0.3) is 5.91 Å². The molecule has 2 unspecified atom stereocenters. The average Bonchev–Trinajstić information content (AvgIpc) is 3.20. The Morgan fingerprint density at radius 1 is 1.22 bits per heavy atom. The van der Waals surface area contributed by atoms with Gasteiger partial charge in [-0.05, 0) is 45.0 Å². The number of thiazole rings is 1. The number of methoxy groups -OCH3 is 1. The summed E-state index contributed by atoms with van der Waals surface area (Å²) in [6.07, 6.45) is 2.11. The fourth-order valence-corrected chi connectivity index (χ4v) is 4.61. The molecule has 1 aliphatic rings. The number of carbonyl (C=O) groups is 1. The highest BCUT2D eigenvalue weighted by atomic mass is 32.1. The second kappa shape index (κ2) is 6.98. The normalized spacial score (nSPS) is 20.2. The minimum absolute atomic E-state index is 0.0590. The van der Waals surface area contributed by atoms with E-state index in [0.29, 0.717) is 13.1 Å². The number of hydrogen-bond donors (Lipinski definition) is 0. The molecule has 27 heavy (non-hydrogen) atoms. The fraction of sp³-hybridized carbons (Fsp3) is 0.400. The van der Waals surface area contributed by atoms with Crippen molar-refractivity contribution in [1.82, 2.24) is 14.3 Å². The molecular weight excluding hydrogens is 362 g/mol. The van der Waals surface area contributed by atoms with Gasteiger partial charge in [0.1, 0.15) is 10.6 Å². The zero-order valence-corrected chi connectivity index (χ0v) is 16.7. The number of carbonyl (C=O) groups excluding carboxylic acids is 1. The number of benzene rings is 1. The lowest BCUT2D eigenvalue weighted by Gasteiger charge is -2.35. The van der Waals surface area contributed by atoms with E-state index in [1.807, 2.05) is 60.5 Å². The first kappa shape index (κ1) is 18.0. The Hall–Kier alpha value is -2.38. The standard InChI is InChI=1S/C20H23N3O3S/c1-12-9-22(10-13(2)26-12)19(24)18-14(3)23-11-17(21-20(23)27-18)15-5-7-16(25-4)8-6-15/h5-8,11-13H,9-10H2,1-4H3. The molecule has 0 saturated carbocycles. The molecule has 4 rings (SSSR count). The fourth-order valence-electron chi connectivity index (χ4n) is 3.54. The molecule has 1 aliphatic heterocycles. The zero-order chi connectivity index (χ0) is 19.1. The number of morpholine rings is 1. The number of fused-ring (bicyclic) bond motifs is 1. The molecule has 0 spiro atoms. The Kier molecular flexibility index (Phi) is 4.65. The lowest BCUT2D eigenvalue weighted by molar-refractivity contribution is -0.0585. The third-order valence-corrected chi connectivity index (χ3v) is 5.99. The van der Waals surface area contributed by atoms with Gasteiger partial charge in [-0.2, -0.15) is 0 Å². The van der Waals surface area contributed by atoms with Crippen LogP contribution in [0.5, 0.6) is 5.75 Å². The second-order valence-electron chi connectivity index (χ2n) is 6.99. The minimum atomic E-state index is 0.0590. The second-order valence-corrected chi connectivity index (χ2v) is 7.97. The van der Waals surface area contributed by atoms with Gasteiger partial charge in [0.05, 0.1) is 25.0 Å². The number of ether oxygens (including phenoxy) is 2. The summed E-state index contributed by atoms with van der Waals surface area (Å²) < 4.78 is 13.0. The van der Waals surface area contributed by atoms with Crippen LogP contribution in [0, 0.1) is 6.92 Å². The maximum absolute atomic E-state index is 13.0. The lowest BCUT2D eigenvalue weighted by atomic mass is 10.2. The number of nitrogens with zero attached hydrogens (tertiary/aromatic N) is 3. The van der Waals surface area contributed by atoms with Gasteiger partial charge in [-0.1, -0.05) is 11.3 Å². The van der Waals surface area contributed by atoms with E-state index in [4.69, 9.17) is 14.5 Å². The van der Waals surface area contributed by atoms with E-state index in [-0.39, 0.29) is 18.1 Å². The average molecular weight is 385 g/mol. The smallest absolute Gasteiger partial charge is 0.266 e. The molecule has 0 aliphatic carbocycles. The van der Waals surface area contributed by atoms with Crippen molar-refractivity contribution in [2.45, 2.75) is 33.0 Å². The molecule has 1 amide bonds. The van der Waals surface area contributed by atoms with E-state index in [2.05, 4.69) is 0 Å². The third kappa shape index (κ3) is 3.33. The molecule has 142 valence electrons. The maximum Gasteiger partial charge on any atom is 0.266 e. The van der Waals surface area contributed by atoms with Gasteiger partial charge < -0.3 is 14.4 Å². The lowest BCUT2D eigenvalue weighted by Crippen LogP contribution is -2.48. The van der Waals surface area contributed by atoms with Crippen LogP contribution in [-0.4, -0.2) is 52.6 Å². The Morgan fingerprint density at radius 3 is 2.48 bits per heavy atom. The van der Waals surface area contributed by atoms with Crippen LogP contribution < -0.4 is 4.74 Å². The Bertz CT molecular complexity index is 966. The minimum Gasteiger partial charge on any atom is -0.497 e. The molecule has 2 atom stereocenters. The SMILES string of the molecule is COc1ccc(-c2cn3c(C)c(C(=O)N4CC(C)OC(C)C4)sc3n2)cc1. The molecule has 2 aromatic heterocycles. The van der Waals surface area contributed by atoms with Crippen molar-refractivity contribution in [2.75, 3.05) is 20.2 Å². The van der Waals surface area contributed by atoms with E-state index in [9.17, 15) is 4.79 Å². The topological polar surface area (TPSA) is 56.1 Å². The van der Waals surface area contributed by atoms with E-state index >= 15 is 0 Å². The van der Waals surface area contributed by atoms with Crippen molar-refractivity contribution in [1.29, 1.82) is 0 Å². The Balaban J connectivity index is 1.63. The predicted octanol–water partition coefficient (Wildman–Crippen LogP) is 3.63. The molecule has 1 saturated heterocycles. The number of amides is 1. The molecule has 0 bridgehead atoms. The van der Waals surface area contributed by atoms with Crippen LogP contribution in [0.4, 0.5) is 0 Å². The highest BCUT2D eigenvalue weighted by Gasteiger charge is 2.29. The van der Waals surface area contributed by atoms with Crippen molar-refractivity contribution < 1.29 is 14.3 Å². The summed E-state index contributed by atoms with van der Waals surface area (Å²) in [5, 5.41) is 0. The van der Waals surface area contributed by atoms with Crippen molar-refractivity contribution in [2.24, 2.45) is 0 Å². The molecule has 6 nitrogen and oxygen atoms in total. The largest absolute Gasteiger partial charge is 0.497 e. The van der Waals surface area contributed by atoms with Gasteiger partial charge >= 0.3 is 0 Å². The molecular formula is C20H23N3O3S. The predicted molar refractivity (Wildman–Crippen MR) is 106 cm³/mol. The molecule has 0 radical (unpaired) electrons. The summed E-state index contributed by atoms with van der Waals surface area (Å²) in [5.41, 5.74) is 2.84. The highest BCUT2D eigenvalue weighted by Crippen LogP contribution is 2.29. The number of rotatable bonds is 3. The summed E-state index contributed by atoms with van der Waals surface area (Å²) in [5.74, 6) is 0.883. The molecule has 7 heteroatoms. The monoisotopic (exact) mass is 385 g/mol. The zero-order valence-electron chi connectivity index (χ0n) is 15.9. The van der Waals surface area contributed by atoms with Gasteiger partial charge in [0, 0.05) is 30.5 Å². The van der Waals surface area contributed by atoms with E-state index < -0.39 is 0 Å². The molecule has 0 N–H and O–H groups in total. The van der Waals surface area contributed by atoms with Crippen molar-refractivity contribution in [3.05, 3.63) is 41.0 Å². The summed E-state index contributed by atoms with van der Waals surface area (Å²) in [6.45, 7) is 7.24. The van der Waals surface area contributed by atoms with Gasteiger partial charge in [-0.15, -0.1) is 0 Å². The third-order valence-electron chi connectivity index (χ3n) is 4.84. The van der Waals surface area contributed by atoms with E-state index in [1.165, 1.54) is 11.3 Å². The van der Waals surface area contributed by atoms with Gasteiger partial charge in [0.2, 0.25) is 0 Å². The van der Waals surface area contributed by atoms with Gasteiger partial charge in [0.15, 0.2) is 4.96 Å². The van der Waals surface area contributed by atoms with Gasteiger partial charge in [-0.3, -0.25) is 9.20 Å². The molecule has 3 heterocycles. The van der Waals surface area contributed by atoms with Crippen LogP contribution in [-0.2, 0) is 4.74 Å². The quantitative estimate of drug-likeness (QED) is 0.691. The molecule has 3 aromatic rings. The van der Waals surface area contributed by atoms with E-state index in [1.54, 1.807) is 7.11 Å². The summed E-state index contributed by atoms with van der Waals surface area (Å²) in [6, 6.07) is 7.82. The first-order valence-electron chi connectivity index (χ1n) is 9.04. The highest BCUT2D eigenvalue weighted by molar-refractivity contribution is 7.19. The van der Waals surface area contributed by atoms with Crippen LogP contribution >= 0.6 is 11.3 Å². The number of imidazole rings is 1. The van der Waals surface area contributed by atoms with Crippen molar-refractivity contribution in [3.8, 4) is 17.0 Å². The Labute approximate surface area is 162 Å². The number of aromatic nitrogens is 2. The summed E-state index contributed by atoms with van der Waals surface area (Å²) in [7, 11) is 1.65. The summed E-state index contributed by atoms with van der Waals surface area (Å²) in [4.78, 5) is 21.2. The number of hydrogen-bond acceptors (Lipinski definition) is 5. The van der Waals surface area contributed by atoms with Crippen molar-refractivity contribution >= 4 is 22.2 Å². The first-order chi connectivity index (χ1) is 13.0. The summed E-state index contributed by atoms with van der Waals surface area (Å²) >= 11 is 1.45. The molecule has 1 aromatic carbocycles.